The smallest absolute Gasteiger partial charge is 0.323 e. The normalized spacial score (nSPS) is 17.2. The van der Waals surface area contributed by atoms with Gasteiger partial charge >= 0.3 is 5.97 Å². The van der Waals surface area contributed by atoms with Crippen molar-refractivity contribution in [1.29, 1.82) is 0 Å². The van der Waals surface area contributed by atoms with E-state index in [0.717, 1.165) is 17.7 Å². The Bertz CT molecular complexity index is 523. The molecule has 0 saturated carbocycles. The third-order valence-corrected chi connectivity index (χ3v) is 3.78. The molecular weight excluding hydrogens is 266 g/mol. The summed E-state index contributed by atoms with van der Waals surface area (Å²) in [7, 11) is 1.42. The quantitative estimate of drug-likeness (QED) is 0.847. The van der Waals surface area contributed by atoms with Crippen molar-refractivity contribution in [1.82, 2.24) is 5.32 Å². The standard InChI is InChI=1S/C17H25NO3/c1-11(2)15(16(19)20-5)18-10-12-6-7-14-13(8-12)9-17(3,4)21-14/h6-8,11,15,18H,9-10H2,1-5H3. The zero-order valence-electron chi connectivity index (χ0n) is 13.5. The number of fused-ring (bicyclic) bond motifs is 1. The van der Waals surface area contributed by atoms with Crippen LogP contribution >= 0.6 is 0 Å². The Morgan fingerprint density at radius 1 is 1.43 bits per heavy atom. The van der Waals surface area contributed by atoms with Crippen LogP contribution in [0.1, 0.15) is 38.8 Å². The molecule has 1 aliphatic heterocycles. The molecule has 0 spiro atoms. The summed E-state index contributed by atoms with van der Waals surface area (Å²) in [6.45, 7) is 8.85. The van der Waals surface area contributed by atoms with E-state index in [-0.39, 0.29) is 23.5 Å². The lowest BCUT2D eigenvalue weighted by atomic mass is 9.99. The molecule has 1 N–H and O–H groups in total. The SMILES string of the molecule is COC(=O)C(NCc1ccc2c(c1)CC(C)(C)O2)C(C)C. The number of ether oxygens (including phenoxy) is 2. The van der Waals surface area contributed by atoms with Gasteiger partial charge in [-0.15, -0.1) is 0 Å². The molecule has 1 atom stereocenters. The average molecular weight is 291 g/mol. The van der Waals surface area contributed by atoms with Crippen molar-refractivity contribution in [3.05, 3.63) is 29.3 Å². The van der Waals surface area contributed by atoms with Crippen LogP contribution in [-0.2, 0) is 22.5 Å². The minimum Gasteiger partial charge on any atom is -0.487 e. The van der Waals surface area contributed by atoms with Crippen molar-refractivity contribution in [3.63, 3.8) is 0 Å². The third-order valence-electron chi connectivity index (χ3n) is 3.78. The Balaban J connectivity index is 2.03. The number of carbonyl (C=O) groups excluding carboxylic acids is 1. The molecule has 0 fully saturated rings. The van der Waals surface area contributed by atoms with E-state index in [2.05, 4.69) is 25.2 Å². The van der Waals surface area contributed by atoms with Crippen LogP contribution in [0, 0.1) is 5.92 Å². The predicted molar refractivity (Wildman–Crippen MR) is 82.3 cm³/mol. The van der Waals surface area contributed by atoms with Gasteiger partial charge in [-0.05, 0) is 37.0 Å². The Morgan fingerprint density at radius 2 is 2.14 bits per heavy atom. The fourth-order valence-corrected chi connectivity index (χ4v) is 2.72. The van der Waals surface area contributed by atoms with E-state index in [1.165, 1.54) is 12.7 Å². The van der Waals surface area contributed by atoms with Gasteiger partial charge in [0.1, 0.15) is 17.4 Å². The lowest BCUT2D eigenvalue weighted by molar-refractivity contribution is -0.144. The van der Waals surface area contributed by atoms with Gasteiger partial charge < -0.3 is 14.8 Å². The van der Waals surface area contributed by atoms with Gasteiger partial charge in [0, 0.05) is 13.0 Å². The summed E-state index contributed by atoms with van der Waals surface area (Å²) in [5, 5.41) is 3.28. The van der Waals surface area contributed by atoms with Gasteiger partial charge in [0.25, 0.3) is 0 Å². The minimum atomic E-state index is -0.282. The number of esters is 1. The van der Waals surface area contributed by atoms with E-state index >= 15 is 0 Å². The molecule has 0 bridgehead atoms. The summed E-state index contributed by atoms with van der Waals surface area (Å²) in [6.07, 6.45) is 0.917. The number of methoxy groups -OCH3 is 1. The molecule has 1 unspecified atom stereocenters. The summed E-state index contributed by atoms with van der Waals surface area (Å²) in [5.74, 6) is 0.946. The molecule has 116 valence electrons. The highest BCUT2D eigenvalue weighted by Crippen LogP contribution is 2.35. The van der Waals surface area contributed by atoms with Crippen LogP contribution in [0.5, 0.6) is 5.75 Å². The first-order valence-corrected chi connectivity index (χ1v) is 7.44. The zero-order chi connectivity index (χ0) is 15.6. The highest BCUT2D eigenvalue weighted by Gasteiger charge is 2.30. The first kappa shape index (κ1) is 15.8. The number of rotatable bonds is 5. The molecule has 4 nitrogen and oxygen atoms in total. The topological polar surface area (TPSA) is 47.6 Å². The summed E-state index contributed by atoms with van der Waals surface area (Å²) >= 11 is 0. The highest BCUT2D eigenvalue weighted by molar-refractivity contribution is 5.75. The van der Waals surface area contributed by atoms with Crippen molar-refractivity contribution in [3.8, 4) is 5.75 Å². The van der Waals surface area contributed by atoms with E-state index in [9.17, 15) is 4.79 Å². The summed E-state index contributed by atoms with van der Waals surface area (Å²) in [4.78, 5) is 11.7. The third kappa shape index (κ3) is 3.76. The Morgan fingerprint density at radius 3 is 2.76 bits per heavy atom. The van der Waals surface area contributed by atoms with Gasteiger partial charge in [-0.1, -0.05) is 26.0 Å². The maximum Gasteiger partial charge on any atom is 0.323 e. The van der Waals surface area contributed by atoms with E-state index in [4.69, 9.17) is 9.47 Å². The Hall–Kier alpha value is -1.55. The summed E-state index contributed by atoms with van der Waals surface area (Å²) < 4.78 is 10.7. The number of benzene rings is 1. The van der Waals surface area contributed by atoms with Crippen LogP contribution in [-0.4, -0.2) is 24.7 Å². The minimum absolute atomic E-state index is 0.124. The van der Waals surface area contributed by atoms with Gasteiger partial charge in [-0.25, -0.2) is 0 Å². The van der Waals surface area contributed by atoms with Gasteiger partial charge in [-0.3, -0.25) is 4.79 Å². The zero-order valence-corrected chi connectivity index (χ0v) is 13.5. The van der Waals surface area contributed by atoms with E-state index in [1.807, 2.05) is 26.0 Å². The monoisotopic (exact) mass is 291 g/mol. The first-order chi connectivity index (χ1) is 9.82. The molecule has 0 radical (unpaired) electrons. The molecule has 0 aromatic heterocycles. The van der Waals surface area contributed by atoms with Crippen LogP contribution in [0.3, 0.4) is 0 Å². The van der Waals surface area contributed by atoms with Crippen molar-refractivity contribution in [2.24, 2.45) is 5.92 Å². The molecule has 1 aliphatic rings. The van der Waals surface area contributed by atoms with Crippen molar-refractivity contribution in [2.45, 2.75) is 52.3 Å². The second-order valence-electron chi connectivity index (χ2n) is 6.61. The number of hydrogen-bond donors (Lipinski definition) is 1. The van der Waals surface area contributed by atoms with Crippen molar-refractivity contribution < 1.29 is 14.3 Å². The van der Waals surface area contributed by atoms with Crippen LogP contribution < -0.4 is 10.1 Å². The highest BCUT2D eigenvalue weighted by atomic mass is 16.5. The molecule has 1 heterocycles. The number of hydrogen-bond acceptors (Lipinski definition) is 4. The molecule has 4 heteroatoms. The van der Waals surface area contributed by atoms with Gasteiger partial charge in [0.05, 0.1) is 7.11 Å². The predicted octanol–water partition coefficient (Wildman–Crippen LogP) is 2.69. The van der Waals surface area contributed by atoms with Crippen molar-refractivity contribution in [2.75, 3.05) is 7.11 Å². The van der Waals surface area contributed by atoms with Crippen LogP contribution in [0.25, 0.3) is 0 Å². The summed E-state index contributed by atoms with van der Waals surface area (Å²) in [6, 6.07) is 5.94. The van der Waals surface area contributed by atoms with Gasteiger partial charge in [0.15, 0.2) is 0 Å². The van der Waals surface area contributed by atoms with E-state index < -0.39 is 0 Å². The molecule has 0 saturated heterocycles. The maximum atomic E-state index is 11.7. The molecule has 0 amide bonds. The van der Waals surface area contributed by atoms with Gasteiger partial charge in [-0.2, -0.15) is 0 Å². The molecule has 1 aromatic carbocycles. The fraction of sp³-hybridized carbons (Fsp3) is 0.588. The largest absolute Gasteiger partial charge is 0.487 e. The Kier molecular flexibility index (Phi) is 4.57. The molecule has 21 heavy (non-hydrogen) atoms. The number of nitrogens with one attached hydrogen (secondary N) is 1. The lowest BCUT2D eigenvalue weighted by Crippen LogP contribution is -2.41. The second kappa shape index (κ2) is 6.06. The van der Waals surface area contributed by atoms with E-state index in [1.54, 1.807) is 0 Å². The van der Waals surface area contributed by atoms with Crippen LogP contribution in [0.4, 0.5) is 0 Å². The average Bonchev–Trinajstić information content (AvgIpc) is 2.71. The second-order valence-corrected chi connectivity index (χ2v) is 6.61. The van der Waals surface area contributed by atoms with Crippen LogP contribution in [0.15, 0.2) is 18.2 Å². The van der Waals surface area contributed by atoms with Crippen molar-refractivity contribution >= 4 is 5.97 Å². The molecule has 0 aliphatic carbocycles. The number of carbonyl (C=O) groups is 1. The Labute approximate surface area is 126 Å². The molecule has 2 rings (SSSR count). The van der Waals surface area contributed by atoms with Gasteiger partial charge in [0.2, 0.25) is 0 Å². The molecule has 1 aromatic rings. The molecular formula is C17H25NO3. The first-order valence-electron chi connectivity index (χ1n) is 7.44. The van der Waals surface area contributed by atoms with Crippen LogP contribution in [0.2, 0.25) is 0 Å². The summed E-state index contributed by atoms with van der Waals surface area (Å²) in [5.41, 5.74) is 2.27. The maximum absolute atomic E-state index is 11.7. The van der Waals surface area contributed by atoms with E-state index in [0.29, 0.717) is 6.54 Å². The lowest BCUT2D eigenvalue weighted by Gasteiger charge is -2.20. The fourth-order valence-electron chi connectivity index (χ4n) is 2.72.